The van der Waals surface area contributed by atoms with Gasteiger partial charge in [0.1, 0.15) is 11.4 Å². The van der Waals surface area contributed by atoms with Crippen LogP contribution in [0.1, 0.15) is 22.4 Å². The molecule has 7 heteroatoms. The number of ether oxygens (including phenoxy) is 1. The molecule has 2 aromatic carbocycles. The van der Waals surface area contributed by atoms with Gasteiger partial charge in [0.25, 0.3) is 5.56 Å². The molecule has 0 spiro atoms. The molecule has 0 fully saturated rings. The van der Waals surface area contributed by atoms with Gasteiger partial charge in [0.05, 0.1) is 12.8 Å². The van der Waals surface area contributed by atoms with Crippen molar-refractivity contribution in [3.05, 3.63) is 81.3 Å². The average molecular weight is 378 g/mol. The molecule has 27 heavy (non-hydrogen) atoms. The van der Waals surface area contributed by atoms with Gasteiger partial charge in [-0.2, -0.15) is 9.78 Å². The first-order valence-electron chi connectivity index (χ1n) is 8.53. The van der Waals surface area contributed by atoms with Crippen LogP contribution < -0.4 is 10.3 Å². The molecule has 3 aromatic rings. The summed E-state index contributed by atoms with van der Waals surface area (Å²) < 4.78 is 6.53. The number of thioether (sulfide) groups is 1. The highest BCUT2D eigenvalue weighted by Crippen LogP contribution is 2.21. The van der Waals surface area contributed by atoms with Crippen molar-refractivity contribution >= 4 is 17.5 Å². The average Bonchev–Trinajstić information content (AvgIpc) is 2.71. The van der Waals surface area contributed by atoms with E-state index in [0.29, 0.717) is 23.0 Å². The lowest BCUT2D eigenvalue weighted by molar-refractivity contribution is 0.414. The van der Waals surface area contributed by atoms with Crippen molar-refractivity contribution in [2.45, 2.75) is 18.5 Å². The molecule has 0 atom stereocenters. The highest BCUT2D eigenvalue weighted by Gasteiger charge is 2.19. The van der Waals surface area contributed by atoms with E-state index in [1.165, 1.54) is 22.0 Å². The summed E-state index contributed by atoms with van der Waals surface area (Å²) in [5.41, 5.74) is 4.17. The first kappa shape index (κ1) is 17.5. The molecule has 0 unspecified atom stereocenters. The highest BCUT2D eigenvalue weighted by atomic mass is 32.2. The van der Waals surface area contributed by atoms with E-state index < -0.39 is 0 Å². The molecule has 136 valence electrons. The molecule has 0 radical (unpaired) electrons. The minimum atomic E-state index is -0.229. The summed E-state index contributed by atoms with van der Waals surface area (Å²) in [6.45, 7) is 2.04. The molecule has 2 heterocycles. The lowest BCUT2D eigenvalue weighted by Crippen LogP contribution is -2.29. The van der Waals surface area contributed by atoms with E-state index >= 15 is 0 Å². The van der Waals surface area contributed by atoms with Gasteiger partial charge in [0.2, 0.25) is 5.16 Å². The molecular weight excluding hydrogens is 360 g/mol. The Kier molecular flexibility index (Phi) is 4.77. The number of fused-ring (bicyclic) bond motifs is 1. The zero-order valence-electron chi connectivity index (χ0n) is 15.0. The van der Waals surface area contributed by atoms with Crippen molar-refractivity contribution in [2.24, 2.45) is 5.10 Å². The number of aromatic nitrogens is 3. The number of benzene rings is 2. The van der Waals surface area contributed by atoms with Crippen molar-refractivity contribution in [1.29, 1.82) is 0 Å². The predicted octanol–water partition coefficient (Wildman–Crippen LogP) is 2.90. The molecule has 0 N–H and O–H groups in total. The highest BCUT2D eigenvalue weighted by molar-refractivity contribution is 7.99. The quantitative estimate of drug-likeness (QED) is 0.698. The van der Waals surface area contributed by atoms with E-state index in [9.17, 15) is 4.79 Å². The Balaban J connectivity index is 1.67. The van der Waals surface area contributed by atoms with Crippen molar-refractivity contribution in [3.63, 3.8) is 0 Å². The second-order valence-electron chi connectivity index (χ2n) is 6.27. The Hall–Kier alpha value is -2.93. The number of methoxy groups -OCH3 is 1. The standard InChI is InChI=1S/C20H18N4O2S/c1-13-3-7-15(8-4-13)18-12-27-20-22-21-17(19(25)24(20)23-18)11-14-5-9-16(26-2)10-6-14/h3-10H,11-12H2,1-2H3. The summed E-state index contributed by atoms with van der Waals surface area (Å²) in [5.74, 6) is 1.44. The van der Waals surface area contributed by atoms with Crippen molar-refractivity contribution in [1.82, 2.24) is 14.9 Å². The Labute approximate surface area is 160 Å². The summed E-state index contributed by atoms with van der Waals surface area (Å²) >= 11 is 1.47. The van der Waals surface area contributed by atoms with Crippen LogP contribution in [-0.4, -0.2) is 33.4 Å². The van der Waals surface area contributed by atoms with Crippen LogP contribution >= 0.6 is 11.8 Å². The minimum Gasteiger partial charge on any atom is -0.497 e. The van der Waals surface area contributed by atoms with Crippen LogP contribution in [0.25, 0.3) is 0 Å². The zero-order valence-corrected chi connectivity index (χ0v) is 15.9. The van der Waals surface area contributed by atoms with Crippen LogP contribution in [0.5, 0.6) is 5.75 Å². The number of hydrogen-bond acceptors (Lipinski definition) is 6. The maximum absolute atomic E-state index is 12.9. The number of nitrogens with zero attached hydrogens (tertiary/aromatic N) is 4. The Morgan fingerprint density at radius 2 is 1.81 bits per heavy atom. The van der Waals surface area contributed by atoms with Crippen molar-refractivity contribution < 1.29 is 4.74 Å². The van der Waals surface area contributed by atoms with Crippen molar-refractivity contribution in [2.75, 3.05) is 12.9 Å². The van der Waals surface area contributed by atoms with E-state index in [-0.39, 0.29) is 5.56 Å². The fourth-order valence-corrected chi connectivity index (χ4v) is 3.63. The monoisotopic (exact) mass is 378 g/mol. The first-order chi connectivity index (χ1) is 13.1. The lowest BCUT2D eigenvalue weighted by Gasteiger charge is -2.15. The summed E-state index contributed by atoms with van der Waals surface area (Å²) in [6.07, 6.45) is 0.399. The third-order valence-corrected chi connectivity index (χ3v) is 5.28. The summed E-state index contributed by atoms with van der Waals surface area (Å²) in [7, 11) is 1.62. The molecule has 0 aliphatic carbocycles. The van der Waals surface area contributed by atoms with E-state index in [2.05, 4.69) is 15.3 Å². The topological polar surface area (TPSA) is 69.4 Å². The Morgan fingerprint density at radius 3 is 2.52 bits per heavy atom. The number of aryl methyl sites for hydroxylation is 1. The minimum absolute atomic E-state index is 0.229. The fourth-order valence-electron chi connectivity index (χ4n) is 2.79. The fraction of sp³-hybridized carbons (Fsp3) is 0.200. The maximum atomic E-state index is 12.9. The Morgan fingerprint density at radius 1 is 1.07 bits per heavy atom. The number of rotatable bonds is 4. The zero-order chi connectivity index (χ0) is 18.8. The van der Waals surface area contributed by atoms with Gasteiger partial charge in [0, 0.05) is 12.2 Å². The second-order valence-corrected chi connectivity index (χ2v) is 7.21. The van der Waals surface area contributed by atoms with E-state index in [1.807, 2.05) is 55.5 Å². The summed E-state index contributed by atoms with van der Waals surface area (Å²) in [6, 6.07) is 15.7. The molecule has 0 saturated heterocycles. The SMILES string of the molecule is COc1ccc(Cc2nnc3n(c2=O)N=C(c2ccc(C)cc2)CS3)cc1. The van der Waals surface area contributed by atoms with Crippen LogP contribution in [0.4, 0.5) is 0 Å². The van der Waals surface area contributed by atoms with E-state index in [1.54, 1.807) is 7.11 Å². The van der Waals surface area contributed by atoms with Crippen LogP contribution in [0.2, 0.25) is 0 Å². The molecule has 0 saturated carbocycles. The lowest BCUT2D eigenvalue weighted by atomic mass is 10.1. The molecule has 0 bridgehead atoms. The number of hydrogen-bond donors (Lipinski definition) is 0. The van der Waals surface area contributed by atoms with Gasteiger partial charge in [-0.25, -0.2) is 0 Å². The molecule has 1 aromatic heterocycles. The summed E-state index contributed by atoms with van der Waals surface area (Å²) in [4.78, 5) is 12.9. The van der Waals surface area contributed by atoms with Crippen molar-refractivity contribution in [3.8, 4) is 5.75 Å². The van der Waals surface area contributed by atoms with Gasteiger partial charge in [-0.05, 0) is 30.2 Å². The van der Waals surface area contributed by atoms with E-state index in [0.717, 1.165) is 22.6 Å². The van der Waals surface area contributed by atoms with Crippen LogP contribution in [0.15, 0.2) is 63.6 Å². The largest absolute Gasteiger partial charge is 0.497 e. The van der Waals surface area contributed by atoms with Gasteiger partial charge >= 0.3 is 0 Å². The summed E-state index contributed by atoms with van der Waals surface area (Å²) in [5, 5.41) is 13.4. The molecule has 6 nitrogen and oxygen atoms in total. The van der Waals surface area contributed by atoms with Gasteiger partial charge in [0.15, 0.2) is 0 Å². The molecule has 0 amide bonds. The van der Waals surface area contributed by atoms with Crippen LogP contribution in [0.3, 0.4) is 0 Å². The maximum Gasteiger partial charge on any atom is 0.297 e. The predicted molar refractivity (Wildman–Crippen MR) is 106 cm³/mol. The molecule has 1 aliphatic rings. The Bertz CT molecular complexity index is 1060. The van der Waals surface area contributed by atoms with Crippen LogP contribution in [-0.2, 0) is 6.42 Å². The second kappa shape index (κ2) is 7.36. The van der Waals surface area contributed by atoms with Gasteiger partial charge in [-0.3, -0.25) is 4.79 Å². The molecular formula is C20H18N4O2S. The first-order valence-corrected chi connectivity index (χ1v) is 9.52. The van der Waals surface area contributed by atoms with E-state index in [4.69, 9.17) is 4.74 Å². The normalized spacial score (nSPS) is 13.0. The molecule has 1 aliphatic heterocycles. The smallest absolute Gasteiger partial charge is 0.297 e. The third kappa shape index (κ3) is 3.64. The van der Waals surface area contributed by atoms with Crippen LogP contribution in [0, 0.1) is 6.92 Å². The van der Waals surface area contributed by atoms with Gasteiger partial charge in [-0.15, -0.1) is 10.2 Å². The third-order valence-electron chi connectivity index (χ3n) is 4.35. The molecule has 4 rings (SSSR count). The van der Waals surface area contributed by atoms with Gasteiger partial charge < -0.3 is 4.74 Å². The van der Waals surface area contributed by atoms with Gasteiger partial charge in [-0.1, -0.05) is 53.7 Å².